The fourth-order valence-corrected chi connectivity index (χ4v) is 1.99. The van der Waals surface area contributed by atoms with Gasteiger partial charge in [0.05, 0.1) is 0 Å². The summed E-state index contributed by atoms with van der Waals surface area (Å²) in [6.07, 6.45) is 0. The standard InChI is InChI=1S/C11H16BFN2O2/c1-14-4-6-15(7-5-14)9-2-3-10(12(16)17)11(13)8-9/h2-3,8,16-17H,4-7H2,1H3. The van der Waals surface area contributed by atoms with E-state index >= 15 is 0 Å². The zero-order chi connectivity index (χ0) is 12.4. The minimum atomic E-state index is -1.75. The quantitative estimate of drug-likeness (QED) is 0.666. The van der Waals surface area contributed by atoms with Crippen molar-refractivity contribution in [1.82, 2.24) is 4.90 Å². The second kappa shape index (κ2) is 5.04. The van der Waals surface area contributed by atoms with Crippen molar-refractivity contribution in [3.05, 3.63) is 24.0 Å². The fourth-order valence-electron chi connectivity index (χ4n) is 1.99. The second-order valence-electron chi connectivity index (χ2n) is 4.37. The Morgan fingerprint density at radius 1 is 1.18 bits per heavy atom. The van der Waals surface area contributed by atoms with Crippen molar-refractivity contribution in [3.8, 4) is 0 Å². The topological polar surface area (TPSA) is 46.9 Å². The lowest BCUT2D eigenvalue weighted by Crippen LogP contribution is -2.44. The molecule has 0 spiro atoms. The average Bonchev–Trinajstić information content (AvgIpc) is 2.29. The number of rotatable bonds is 2. The summed E-state index contributed by atoms with van der Waals surface area (Å²) in [5, 5.41) is 17.9. The van der Waals surface area contributed by atoms with Gasteiger partial charge in [-0.1, -0.05) is 6.07 Å². The molecule has 1 aromatic carbocycles. The highest BCUT2D eigenvalue weighted by molar-refractivity contribution is 6.58. The molecule has 2 rings (SSSR count). The first-order chi connectivity index (χ1) is 8.08. The van der Waals surface area contributed by atoms with Crippen molar-refractivity contribution < 1.29 is 14.4 Å². The molecule has 0 bridgehead atoms. The van der Waals surface area contributed by atoms with Crippen LogP contribution in [0.3, 0.4) is 0 Å². The summed E-state index contributed by atoms with van der Waals surface area (Å²) in [5.41, 5.74) is 0.711. The molecule has 0 radical (unpaired) electrons. The maximum absolute atomic E-state index is 13.6. The van der Waals surface area contributed by atoms with Crippen LogP contribution in [0.4, 0.5) is 10.1 Å². The lowest BCUT2D eigenvalue weighted by Gasteiger charge is -2.34. The summed E-state index contributed by atoms with van der Waals surface area (Å²) in [4.78, 5) is 4.31. The van der Waals surface area contributed by atoms with Crippen LogP contribution in [0.2, 0.25) is 0 Å². The second-order valence-corrected chi connectivity index (χ2v) is 4.37. The van der Waals surface area contributed by atoms with E-state index in [4.69, 9.17) is 10.0 Å². The van der Waals surface area contributed by atoms with Crippen LogP contribution < -0.4 is 10.4 Å². The van der Waals surface area contributed by atoms with E-state index in [-0.39, 0.29) is 5.46 Å². The van der Waals surface area contributed by atoms with Crippen LogP contribution in [0.1, 0.15) is 0 Å². The fraction of sp³-hybridized carbons (Fsp3) is 0.455. The molecule has 1 heterocycles. The molecule has 92 valence electrons. The molecule has 17 heavy (non-hydrogen) atoms. The number of anilines is 1. The van der Waals surface area contributed by atoms with E-state index in [0.717, 1.165) is 31.9 Å². The molecule has 0 aliphatic carbocycles. The first-order valence-electron chi connectivity index (χ1n) is 5.67. The highest BCUT2D eigenvalue weighted by Gasteiger charge is 2.19. The van der Waals surface area contributed by atoms with Gasteiger partial charge in [-0.25, -0.2) is 4.39 Å². The number of hydrogen-bond donors (Lipinski definition) is 2. The lowest BCUT2D eigenvalue weighted by atomic mass is 9.80. The summed E-state index contributed by atoms with van der Waals surface area (Å²) in [6.45, 7) is 3.62. The third-order valence-corrected chi connectivity index (χ3v) is 3.13. The molecule has 0 saturated carbocycles. The van der Waals surface area contributed by atoms with Crippen molar-refractivity contribution >= 4 is 18.3 Å². The predicted octanol–water partition coefficient (Wildman–Crippen LogP) is -0.743. The Kier molecular flexibility index (Phi) is 3.66. The number of hydrogen-bond acceptors (Lipinski definition) is 4. The molecule has 0 unspecified atom stereocenters. The van der Waals surface area contributed by atoms with Crippen LogP contribution >= 0.6 is 0 Å². The van der Waals surface area contributed by atoms with E-state index in [1.54, 1.807) is 6.07 Å². The van der Waals surface area contributed by atoms with Gasteiger partial charge in [0.25, 0.3) is 0 Å². The van der Waals surface area contributed by atoms with E-state index in [2.05, 4.69) is 16.8 Å². The molecule has 0 aromatic heterocycles. The van der Waals surface area contributed by atoms with Crippen LogP contribution in [0.15, 0.2) is 18.2 Å². The molecular weight excluding hydrogens is 222 g/mol. The molecule has 0 atom stereocenters. The van der Waals surface area contributed by atoms with Crippen LogP contribution in [-0.4, -0.2) is 55.3 Å². The highest BCUT2D eigenvalue weighted by Crippen LogP contribution is 2.16. The molecule has 1 aliphatic heterocycles. The smallest absolute Gasteiger partial charge is 0.423 e. The largest absolute Gasteiger partial charge is 0.491 e. The number of piperazine rings is 1. The molecular formula is C11H16BFN2O2. The number of nitrogens with zero attached hydrogens (tertiary/aromatic N) is 2. The predicted molar refractivity (Wildman–Crippen MR) is 65.9 cm³/mol. The molecule has 1 aliphatic rings. The summed E-state index contributed by atoms with van der Waals surface area (Å²) in [6, 6.07) is 4.51. The first-order valence-corrected chi connectivity index (χ1v) is 5.67. The normalized spacial score (nSPS) is 17.3. The Bertz CT molecular complexity index is 395. The van der Waals surface area contributed by atoms with E-state index < -0.39 is 12.9 Å². The van der Waals surface area contributed by atoms with Gasteiger partial charge in [-0.05, 0) is 19.2 Å². The number of likely N-dealkylation sites (N-methyl/N-ethyl adjacent to an activating group) is 1. The first kappa shape index (κ1) is 12.4. The molecule has 1 fully saturated rings. The summed E-state index contributed by atoms with van der Waals surface area (Å²) >= 11 is 0. The molecule has 1 saturated heterocycles. The van der Waals surface area contributed by atoms with Crippen LogP contribution in [0.5, 0.6) is 0 Å². The van der Waals surface area contributed by atoms with Crippen LogP contribution in [-0.2, 0) is 0 Å². The molecule has 2 N–H and O–H groups in total. The lowest BCUT2D eigenvalue weighted by molar-refractivity contribution is 0.313. The molecule has 0 amide bonds. The Morgan fingerprint density at radius 2 is 1.82 bits per heavy atom. The number of halogens is 1. The van der Waals surface area contributed by atoms with Crippen molar-refractivity contribution in [1.29, 1.82) is 0 Å². The SMILES string of the molecule is CN1CCN(c2ccc(B(O)O)c(F)c2)CC1. The van der Waals surface area contributed by atoms with Crippen LogP contribution in [0.25, 0.3) is 0 Å². The van der Waals surface area contributed by atoms with E-state index in [9.17, 15) is 4.39 Å². The van der Waals surface area contributed by atoms with Crippen molar-refractivity contribution in [2.45, 2.75) is 0 Å². The highest BCUT2D eigenvalue weighted by atomic mass is 19.1. The zero-order valence-electron chi connectivity index (χ0n) is 9.80. The van der Waals surface area contributed by atoms with Gasteiger partial charge >= 0.3 is 7.12 Å². The Hall–Kier alpha value is -1.11. The Morgan fingerprint density at radius 3 is 2.35 bits per heavy atom. The maximum atomic E-state index is 13.6. The van der Waals surface area contributed by atoms with Crippen molar-refractivity contribution in [2.24, 2.45) is 0 Å². The van der Waals surface area contributed by atoms with Gasteiger partial charge in [-0.2, -0.15) is 0 Å². The van der Waals surface area contributed by atoms with Gasteiger partial charge < -0.3 is 19.8 Å². The van der Waals surface area contributed by atoms with Gasteiger partial charge in [-0.15, -0.1) is 0 Å². The molecule has 4 nitrogen and oxygen atoms in total. The summed E-state index contributed by atoms with van der Waals surface area (Å²) < 4.78 is 13.6. The summed E-state index contributed by atoms with van der Waals surface area (Å²) in [5.74, 6) is -0.573. The monoisotopic (exact) mass is 238 g/mol. The van der Waals surface area contributed by atoms with Crippen molar-refractivity contribution in [2.75, 3.05) is 38.1 Å². The van der Waals surface area contributed by atoms with Gasteiger partial charge in [0, 0.05) is 37.3 Å². The summed E-state index contributed by atoms with van der Waals surface area (Å²) in [7, 11) is 0.305. The minimum Gasteiger partial charge on any atom is -0.423 e. The van der Waals surface area contributed by atoms with E-state index in [0.29, 0.717) is 0 Å². The third kappa shape index (κ3) is 2.77. The minimum absolute atomic E-state index is 0.0807. The molecule has 6 heteroatoms. The van der Waals surface area contributed by atoms with Gasteiger partial charge in [0.2, 0.25) is 0 Å². The van der Waals surface area contributed by atoms with Gasteiger partial charge in [-0.3, -0.25) is 0 Å². The van der Waals surface area contributed by atoms with Gasteiger partial charge in [0.15, 0.2) is 0 Å². The average molecular weight is 238 g/mol. The Labute approximate surface area is 100 Å². The van der Waals surface area contributed by atoms with Crippen LogP contribution in [0, 0.1) is 5.82 Å². The number of benzene rings is 1. The molecule has 1 aromatic rings. The maximum Gasteiger partial charge on any atom is 0.491 e. The van der Waals surface area contributed by atoms with E-state index in [1.165, 1.54) is 12.1 Å². The van der Waals surface area contributed by atoms with E-state index in [1.807, 2.05) is 0 Å². The van der Waals surface area contributed by atoms with Gasteiger partial charge in [0.1, 0.15) is 5.82 Å². The zero-order valence-corrected chi connectivity index (χ0v) is 9.80. The Balaban J connectivity index is 2.14. The third-order valence-electron chi connectivity index (χ3n) is 3.13. The van der Waals surface area contributed by atoms with Crippen molar-refractivity contribution in [3.63, 3.8) is 0 Å².